The van der Waals surface area contributed by atoms with Gasteiger partial charge in [0, 0.05) is 33.7 Å². The molecule has 0 saturated heterocycles. The molecule has 0 unspecified atom stereocenters. The number of aromatic hydroxyl groups is 1. The number of hydrogen-bond acceptors (Lipinski definition) is 5. The van der Waals surface area contributed by atoms with E-state index < -0.39 is 0 Å². The Bertz CT molecular complexity index is 2870. The van der Waals surface area contributed by atoms with Crippen LogP contribution in [0.5, 0.6) is 5.75 Å². The van der Waals surface area contributed by atoms with Crippen molar-refractivity contribution in [2.75, 3.05) is 0 Å². The highest BCUT2D eigenvalue weighted by molar-refractivity contribution is 7.21. The summed E-state index contributed by atoms with van der Waals surface area (Å²) in [6.45, 7) is 13.1. The molecule has 53 heavy (non-hydrogen) atoms. The number of phenols is 1. The number of aromatic nitrogens is 2. The Morgan fingerprint density at radius 1 is 0.623 bits per heavy atom. The highest BCUT2D eigenvalue weighted by atomic mass is 32.1. The van der Waals surface area contributed by atoms with Crippen LogP contribution in [-0.4, -0.2) is 15.1 Å². The van der Waals surface area contributed by atoms with Gasteiger partial charge in [0.15, 0.2) is 0 Å². The van der Waals surface area contributed by atoms with Gasteiger partial charge in [0.2, 0.25) is 0 Å². The minimum atomic E-state index is -0.239. The Morgan fingerprint density at radius 2 is 1.42 bits per heavy atom. The Kier molecular flexibility index (Phi) is 7.58. The van der Waals surface area contributed by atoms with E-state index in [1.165, 1.54) is 5.56 Å². The maximum atomic E-state index is 11.8. The molecule has 0 amide bonds. The molecule has 0 fully saturated rings. The molecular weight excluding hydrogens is 669 g/mol. The summed E-state index contributed by atoms with van der Waals surface area (Å²) in [6.07, 6.45) is 1.88. The van der Waals surface area contributed by atoms with E-state index in [1.807, 2.05) is 12.3 Å². The fourth-order valence-electron chi connectivity index (χ4n) is 7.48. The Morgan fingerprint density at radius 3 is 2.21 bits per heavy atom. The van der Waals surface area contributed by atoms with Crippen LogP contribution in [0, 0.1) is 0 Å². The minimum Gasteiger partial charge on any atom is -0.507 e. The molecule has 1 N–H and O–H groups in total. The zero-order valence-electron chi connectivity index (χ0n) is 30.8. The van der Waals surface area contributed by atoms with Gasteiger partial charge in [0.1, 0.15) is 21.9 Å². The molecule has 3 heterocycles. The van der Waals surface area contributed by atoms with Crippen LogP contribution >= 0.6 is 11.3 Å². The number of hydrogen-bond donors (Lipinski definition) is 1. The van der Waals surface area contributed by atoms with Crippen LogP contribution in [0.3, 0.4) is 0 Å². The first-order chi connectivity index (χ1) is 25.4. The highest BCUT2D eigenvalue weighted by Crippen LogP contribution is 2.47. The van der Waals surface area contributed by atoms with E-state index in [9.17, 15) is 5.11 Å². The summed E-state index contributed by atoms with van der Waals surface area (Å²) in [7, 11) is 0. The SMILES string of the molecule is CC(C)(C)c1cc(-c2nc3c(-c4cc(-c5cc(-c6ccccc6)ccn5)c5oc6ccc7ccccc7c6c5c4)cccc3s2)c(O)c(C(C)(C)C)c1. The lowest BCUT2D eigenvalue weighted by Crippen LogP contribution is -2.17. The van der Waals surface area contributed by atoms with Gasteiger partial charge in [-0.3, -0.25) is 4.98 Å². The van der Waals surface area contributed by atoms with Crippen LogP contribution < -0.4 is 0 Å². The van der Waals surface area contributed by atoms with Gasteiger partial charge in [-0.2, -0.15) is 0 Å². The first-order valence-corrected chi connectivity index (χ1v) is 18.9. The molecule has 0 bridgehead atoms. The average molecular weight is 709 g/mol. The Hall–Kier alpha value is -5.78. The molecule has 0 atom stereocenters. The van der Waals surface area contributed by atoms with E-state index in [0.717, 1.165) is 92.6 Å². The molecule has 0 aliphatic rings. The van der Waals surface area contributed by atoms with E-state index in [-0.39, 0.29) is 10.8 Å². The number of furan rings is 1. The second kappa shape index (κ2) is 12.1. The summed E-state index contributed by atoms with van der Waals surface area (Å²) in [4.78, 5) is 10.2. The molecule has 3 aromatic heterocycles. The second-order valence-electron chi connectivity index (χ2n) is 16.0. The van der Waals surface area contributed by atoms with E-state index in [2.05, 4.69) is 157 Å². The molecule has 6 aromatic carbocycles. The van der Waals surface area contributed by atoms with Gasteiger partial charge >= 0.3 is 0 Å². The van der Waals surface area contributed by atoms with E-state index in [0.29, 0.717) is 5.75 Å². The molecule has 9 rings (SSSR count). The summed E-state index contributed by atoms with van der Waals surface area (Å²) in [5.74, 6) is 0.302. The molecule has 260 valence electrons. The van der Waals surface area contributed by atoms with Gasteiger partial charge in [-0.1, -0.05) is 120 Å². The van der Waals surface area contributed by atoms with Crippen LogP contribution in [0.25, 0.3) is 87.0 Å². The van der Waals surface area contributed by atoms with Crippen molar-refractivity contribution in [3.63, 3.8) is 0 Å². The zero-order valence-corrected chi connectivity index (χ0v) is 31.6. The summed E-state index contributed by atoms with van der Waals surface area (Å²) in [5.41, 5.74) is 11.1. The van der Waals surface area contributed by atoms with Crippen LogP contribution in [0.1, 0.15) is 52.7 Å². The van der Waals surface area contributed by atoms with Gasteiger partial charge in [0.25, 0.3) is 0 Å². The third-order valence-corrected chi connectivity index (χ3v) is 11.4. The average Bonchev–Trinajstić information content (AvgIpc) is 3.76. The second-order valence-corrected chi connectivity index (χ2v) is 17.1. The van der Waals surface area contributed by atoms with Crippen LogP contribution in [-0.2, 0) is 10.8 Å². The van der Waals surface area contributed by atoms with E-state index in [1.54, 1.807) is 11.3 Å². The predicted molar refractivity (Wildman–Crippen MR) is 223 cm³/mol. The zero-order chi connectivity index (χ0) is 36.6. The van der Waals surface area contributed by atoms with Gasteiger partial charge in [0.05, 0.1) is 21.5 Å². The third-order valence-electron chi connectivity index (χ3n) is 10.3. The van der Waals surface area contributed by atoms with Gasteiger partial charge < -0.3 is 9.52 Å². The highest BCUT2D eigenvalue weighted by Gasteiger charge is 2.27. The third kappa shape index (κ3) is 5.67. The van der Waals surface area contributed by atoms with Crippen molar-refractivity contribution in [1.29, 1.82) is 0 Å². The summed E-state index contributed by atoms with van der Waals surface area (Å²) >= 11 is 1.62. The normalized spacial score (nSPS) is 12.4. The van der Waals surface area contributed by atoms with Crippen molar-refractivity contribution < 1.29 is 9.52 Å². The molecular formula is C48H40N2O2S. The lowest BCUT2D eigenvalue weighted by Gasteiger charge is -2.27. The summed E-state index contributed by atoms with van der Waals surface area (Å²) < 4.78 is 7.80. The molecule has 0 radical (unpaired) electrons. The number of phenolic OH excluding ortho intramolecular Hbond substituents is 1. The molecule has 4 nitrogen and oxygen atoms in total. The predicted octanol–water partition coefficient (Wildman–Crippen LogP) is 13.7. The smallest absolute Gasteiger partial charge is 0.144 e. The van der Waals surface area contributed by atoms with Crippen molar-refractivity contribution in [1.82, 2.24) is 9.97 Å². The topological polar surface area (TPSA) is 59.2 Å². The number of benzene rings is 6. The number of fused-ring (bicyclic) bond motifs is 6. The lowest BCUT2D eigenvalue weighted by molar-refractivity contribution is 0.446. The Balaban J connectivity index is 1.31. The Labute approximate surface area is 313 Å². The largest absolute Gasteiger partial charge is 0.507 e. The van der Waals surface area contributed by atoms with Crippen LogP contribution in [0.4, 0.5) is 0 Å². The van der Waals surface area contributed by atoms with Crippen LogP contribution in [0.2, 0.25) is 0 Å². The molecule has 5 heteroatoms. The summed E-state index contributed by atoms with van der Waals surface area (Å²) in [6, 6.07) is 42.4. The van der Waals surface area contributed by atoms with E-state index >= 15 is 0 Å². The van der Waals surface area contributed by atoms with Crippen molar-refractivity contribution >= 4 is 54.3 Å². The monoisotopic (exact) mass is 708 g/mol. The van der Waals surface area contributed by atoms with E-state index in [4.69, 9.17) is 14.4 Å². The molecule has 0 aliphatic heterocycles. The number of thiazole rings is 1. The fourth-order valence-corrected chi connectivity index (χ4v) is 8.49. The maximum Gasteiger partial charge on any atom is 0.144 e. The number of pyridine rings is 1. The van der Waals surface area contributed by atoms with Crippen LogP contribution in [0.15, 0.2) is 132 Å². The van der Waals surface area contributed by atoms with Crippen molar-refractivity contribution in [2.45, 2.75) is 52.4 Å². The quantitative estimate of drug-likeness (QED) is 0.198. The first kappa shape index (κ1) is 33.1. The molecule has 9 aromatic rings. The molecule has 0 saturated carbocycles. The number of nitrogens with zero attached hydrogens (tertiary/aromatic N) is 2. The lowest BCUT2D eigenvalue weighted by atomic mass is 9.79. The summed E-state index contributed by atoms with van der Waals surface area (Å²) in [5, 5.41) is 17.0. The first-order valence-electron chi connectivity index (χ1n) is 18.1. The van der Waals surface area contributed by atoms with Gasteiger partial charge in [-0.15, -0.1) is 11.3 Å². The number of para-hydroxylation sites is 1. The fraction of sp³-hybridized carbons (Fsp3) is 0.167. The molecule has 0 aliphatic carbocycles. The van der Waals surface area contributed by atoms with Crippen molar-refractivity contribution in [2.24, 2.45) is 0 Å². The minimum absolute atomic E-state index is 0.0977. The van der Waals surface area contributed by atoms with Crippen molar-refractivity contribution in [3.05, 3.63) is 139 Å². The standard InChI is InChI=1S/C48H40N2O2S/c1-47(2,3)32-26-37(44(51)38(27-32)48(4,5)6)46-50-43-34(17-12-18-41(43)53-46)31-23-35(39-25-30(21-22-49-39)28-13-8-7-9-14-28)45-36(24-31)42-33-16-11-10-15-29(33)19-20-40(42)52-45/h7-27,51H,1-6H3. The maximum absolute atomic E-state index is 11.8. The number of rotatable bonds is 4. The molecule has 0 spiro atoms. The van der Waals surface area contributed by atoms with Gasteiger partial charge in [-0.05, 0) is 86.3 Å². The van der Waals surface area contributed by atoms with Gasteiger partial charge in [-0.25, -0.2) is 4.98 Å². The van der Waals surface area contributed by atoms with Crippen molar-refractivity contribution in [3.8, 4) is 49.8 Å².